The second kappa shape index (κ2) is 6.89. The van der Waals surface area contributed by atoms with Gasteiger partial charge in [0.05, 0.1) is 13.2 Å². The van der Waals surface area contributed by atoms with Gasteiger partial charge in [0, 0.05) is 37.8 Å². The molecule has 3 rings (SSSR count). The SMILES string of the molecule is CN(CC1(CO)CCOCC1)C(=O)c1ccc2c(c1)CCCO2. The first-order valence-electron chi connectivity index (χ1n) is 8.33. The molecule has 0 spiro atoms. The lowest BCUT2D eigenvalue weighted by atomic mass is 9.80. The van der Waals surface area contributed by atoms with E-state index < -0.39 is 0 Å². The zero-order valence-electron chi connectivity index (χ0n) is 13.7. The van der Waals surface area contributed by atoms with Gasteiger partial charge in [-0.1, -0.05) is 0 Å². The number of carbonyl (C=O) groups excluding carboxylic acids is 1. The van der Waals surface area contributed by atoms with E-state index in [4.69, 9.17) is 9.47 Å². The highest BCUT2D eigenvalue weighted by Gasteiger charge is 2.34. The van der Waals surface area contributed by atoms with Gasteiger partial charge in [0.15, 0.2) is 0 Å². The number of carbonyl (C=O) groups is 1. The Labute approximate surface area is 137 Å². The average molecular weight is 319 g/mol. The van der Waals surface area contributed by atoms with E-state index in [1.807, 2.05) is 25.2 Å². The monoisotopic (exact) mass is 319 g/mol. The van der Waals surface area contributed by atoms with Crippen LogP contribution in [0.25, 0.3) is 0 Å². The second-order valence-corrected chi connectivity index (χ2v) is 6.71. The molecule has 5 nitrogen and oxygen atoms in total. The zero-order valence-corrected chi connectivity index (χ0v) is 13.7. The predicted octanol–water partition coefficient (Wildman–Crippen LogP) is 1.87. The minimum Gasteiger partial charge on any atom is -0.493 e. The van der Waals surface area contributed by atoms with Crippen LogP contribution in [0.2, 0.25) is 0 Å². The molecule has 1 fully saturated rings. The number of nitrogens with zero attached hydrogens (tertiary/aromatic N) is 1. The van der Waals surface area contributed by atoms with Crippen LogP contribution in [0.1, 0.15) is 35.2 Å². The van der Waals surface area contributed by atoms with E-state index in [0.29, 0.717) is 25.3 Å². The lowest BCUT2D eigenvalue weighted by molar-refractivity contribution is -0.0282. The third-order valence-corrected chi connectivity index (χ3v) is 4.96. The minimum absolute atomic E-state index is 0.00214. The number of rotatable bonds is 4. The first-order chi connectivity index (χ1) is 11.1. The van der Waals surface area contributed by atoms with Crippen LogP contribution in [0.3, 0.4) is 0 Å². The number of amides is 1. The third kappa shape index (κ3) is 3.51. The molecular formula is C18H25NO4. The Hall–Kier alpha value is -1.59. The molecule has 0 unspecified atom stereocenters. The molecule has 0 aliphatic carbocycles. The smallest absolute Gasteiger partial charge is 0.253 e. The number of fused-ring (bicyclic) bond motifs is 1. The average Bonchev–Trinajstić information content (AvgIpc) is 2.61. The van der Waals surface area contributed by atoms with Crippen molar-refractivity contribution in [2.45, 2.75) is 25.7 Å². The largest absolute Gasteiger partial charge is 0.493 e. The van der Waals surface area contributed by atoms with Gasteiger partial charge in [-0.15, -0.1) is 0 Å². The van der Waals surface area contributed by atoms with Crippen molar-refractivity contribution >= 4 is 5.91 Å². The van der Waals surface area contributed by atoms with Gasteiger partial charge in [-0.25, -0.2) is 0 Å². The lowest BCUT2D eigenvalue weighted by Crippen LogP contribution is -2.44. The molecule has 1 aromatic rings. The lowest BCUT2D eigenvalue weighted by Gasteiger charge is -2.38. The number of hydrogen-bond donors (Lipinski definition) is 1. The van der Waals surface area contributed by atoms with E-state index in [-0.39, 0.29) is 17.9 Å². The molecular weight excluding hydrogens is 294 g/mol. The quantitative estimate of drug-likeness (QED) is 0.920. The van der Waals surface area contributed by atoms with E-state index in [0.717, 1.165) is 43.6 Å². The first-order valence-corrected chi connectivity index (χ1v) is 8.33. The summed E-state index contributed by atoms with van der Waals surface area (Å²) in [4.78, 5) is 14.5. The molecule has 0 aromatic heterocycles. The highest BCUT2D eigenvalue weighted by atomic mass is 16.5. The molecule has 5 heteroatoms. The molecule has 2 aliphatic heterocycles. The van der Waals surface area contributed by atoms with Gasteiger partial charge in [-0.2, -0.15) is 0 Å². The summed E-state index contributed by atoms with van der Waals surface area (Å²) < 4.78 is 11.0. The molecule has 0 bridgehead atoms. The van der Waals surface area contributed by atoms with Crippen LogP contribution in [-0.2, 0) is 11.2 Å². The molecule has 0 radical (unpaired) electrons. The van der Waals surface area contributed by atoms with Gasteiger partial charge in [0.1, 0.15) is 5.75 Å². The summed E-state index contributed by atoms with van der Waals surface area (Å²) >= 11 is 0. The Morgan fingerprint density at radius 3 is 2.83 bits per heavy atom. The van der Waals surface area contributed by atoms with Gasteiger partial charge < -0.3 is 19.5 Å². The Bertz CT molecular complexity index is 566. The highest BCUT2D eigenvalue weighted by Crippen LogP contribution is 2.31. The van der Waals surface area contributed by atoms with E-state index in [2.05, 4.69) is 0 Å². The molecule has 1 aromatic carbocycles. The minimum atomic E-state index is -0.236. The number of hydrogen-bond acceptors (Lipinski definition) is 4. The summed E-state index contributed by atoms with van der Waals surface area (Å²) in [6.07, 6.45) is 3.53. The number of benzene rings is 1. The molecule has 0 saturated carbocycles. The second-order valence-electron chi connectivity index (χ2n) is 6.71. The fourth-order valence-electron chi connectivity index (χ4n) is 3.46. The Balaban J connectivity index is 1.71. The van der Waals surface area contributed by atoms with Crippen LogP contribution in [0.15, 0.2) is 18.2 Å². The Morgan fingerprint density at radius 2 is 2.09 bits per heavy atom. The number of aliphatic hydroxyl groups is 1. The summed E-state index contributed by atoms with van der Waals surface area (Å²) in [6.45, 7) is 2.70. The predicted molar refractivity (Wildman–Crippen MR) is 86.8 cm³/mol. The van der Waals surface area contributed by atoms with Gasteiger partial charge in [0.2, 0.25) is 0 Å². The van der Waals surface area contributed by atoms with Crippen LogP contribution in [0.4, 0.5) is 0 Å². The van der Waals surface area contributed by atoms with Gasteiger partial charge in [-0.05, 0) is 49.4 Å². The van der Waals surface area contributed by atoms with Gasteiger partial charge in [-0.3, -0.25) is 4.79 Å². The molecule has 126 valence electrons. The van der Waals surface area contributed by atoms with E-state index in [1.165, 1.54) is 0 Å². The topological polar surface area (TPSA) is 59.0 Å². The summed E-state index contributed by atoms with van der Waals surface area (Å²) in [7, 11) is 1.81. The summed E-state index contributed by atoms with van der Waals surface area (Å²) in [5, 5.41) is 9.79. The van der Waals surface area contributed by atoms with Crippen LogP contribution in [0, 0.1) is 5.41 Å². The van der Waals surface area contributed by atoms with Crippen molar-refractivity contribution in [1.29, 1.82) is 0 Å². The molecule has 1 N–H and O–H groups in total. The fourth-order valence-corrected chi connectivity index (χ4v) is 3.46. The molecule has 2 aliphatic rings. The van der Waals surface area contributed by atoms with Crippen molar-refractivity contribution in [2.75, 3.05) is 40.0 Å². The summed E-state index contributed by atoms with van der Waals surface area (Å²) in [5.74, 6) is 0.893. The molecule has 23 heavy (non-hydrogen) atoms. The summed E-state index contributed by atoms with van der Waals surface area (Å²) in [6, 6.07) is 5.67. The molecule has 2 heterocycles. The van der Waals surface area contributed by atoms with Crippen LogP contribution in [-0.4, -0.2) is 55.9 Å². The maximum Gasteiger partial charge on any atom is 0.253 e. The maximum absolute atomic E-state index is 12.7. The van der Waals surface area contributed by atoms with Crippen molar-refractivity contribution in [3.05, 3.63) is 29.3 Å². The molecule has 0 atom stereocenters. The number of aryl methyl sites for hydroxylation is 1. The summed E-state index contributed by atoms with van der Waals surface area (Å²) in [5.41, 5.74) is 1.57. The Morgan fingerprint density at radius 1 is 1.30 bits per heavy atom. The van der Waals surface area contributed by atoms with E-state index in [9.17, 15) is 9.90 Å². The Kier molecular flexibility index (Phi) is 4.87. The van der Waals surface area contributed by atoms with E-state index >= 15 is 0 Å². The van der Waals surface area contributed by atoms with Crippen LogP contribution < -0.4 is 4.74 Å². The van der Waals surface area contributed by atoms with Crippen molar-refractivity contribution in [2.24, 2.45) is 5.41 Å². The van der Waals surface area contributed by atoms with Crippen molar-refractivity contribution in [1.82, 2.24) is 4.90 Å². The third-order valence-electron chi connectivity index (χ3n) is 4.96. The molecule has 1 saturated heterocycles. The molecule has 1 amide bonds. The fraction of sp³-hybridized carbons (Fsp3) is 0.611. The van der Waals surface area contributed by atoms with Crippen molar-refractivity contribution in [3.63, 3.8) is 0 Å². The van der Waals surface area contributed by atoms with E-state index in [1.54, 1.807) is 4.90 Å². The van der Waals surface area contributed by atoms with Crippen molar-refractivity contribution in [3.8, 4) is 5.75 Å². The van der Waals surface area contributed by atoms with Gasteiger partial charge >= 0.3 is 0 Å². The van der Waals surface area contributed by atoms with Crippen LogP contribution >= 0.6 is 0 Å². The maximum atomic E-state index is 12.7. The highest BCUT2D eigenvalue weighted by molar-refractivity contribution is 5.94. The standard InChI is InChI=1S/C18H25NO4/c1-19(12-18(13-20)6-9-22-10-7-18)17(21)15-4-5-16-14(11-15)3-2-8-23-16/h4-5,11,20H,2-3,6-10,12-13H2,1H3. The zero-order chi connectivity index (χ0) is 16.3. The van der Waals surface area contributed by atoms with Gasteiger partial charge in [0.25, 0.3) is 5.91 Å². The normalized spacial score (nSPS) is 19.6. The van der Waals surface area contributed by atoms with Crippen molar-refractivity contribution < 1.29 is 19.4 Å². The number of aliphatic hydroxyl groups excluding tert-OH is 1. The first kappa shape index (κ1) is 16.3. The number of ether oxygens (including phenoxy) is 2. The van der Waals surface area contributed by atoms with Crippen LogP contribution in [0.5, 0.6) is 5.75 Å².